The van der Waals surface area contributed by atoms with Crippen molar-refractivity contribution in [2.75, 3.05) is 25.0 Å². The average Bonchev–Trinajstić information content (AvgIpc) is 2.76. The minimum absolute atomic E-state index is 0.121. The summed E-state index contributed by atoms with van der Waals surface area (Å²) in [5.74, 6) is -0.321. The van der Waals surface area contributed by atoms with Crippen molar-refractivity contribution in [3.63, 3.8) is 0 Å². The Morgan fingerprint density at radius 1 is 1.29 bits per heavy atom. The van der Waals surface area contributed by atoms with Crippen LogP contribution >= 0.6 is 23.4 Å². The molecule has 0 saturated carbocycles. The summed E-state index contributed by atoms with van der Waals surface area (Å²) in [5, 5.41) is 6.50. The predicted molar refractivity (Wildman–Crippen MR) is 128 cm³/mol. The summed E-state index contributed by atoms with van der Waals surface area (Å²) in [4.78, 5) is 29.1. The van der Waals surface area contributed by atoms with E-state index < -0.39 is 0 Å². The first-order chi connectivity index (χ1) is 15.0. The van der Waals surface area contributed by atoms with Crippen LogP contribution in [0.1, 0.15) is 42.1 Å². The zero-order chi connectivity index (χ0) is 21.8. The second-order valence-electron chi connectivity index (χ2n) is 7.93. The average molecular weight is 456 g/mol. The van der Waals surface area contributed by atoms with E-state index in [1.807, 2.05) is 24.3 Å². The van der Waals surface area contributed by atoms with Gasteiger partial charge in [-0.3, -0.25) is 14.5 Å². The molecule has 162 valence electrons. The van der Waals surface area contributed by atoms with Crippen molar-refractivity contribution in [1.29, 1.82) is 0 Å². The zero-order valence-corrected chi connectivity index (χ0v) is 19.1. The molecule has 2 amide bonds. The molecule has 2 aliphatic rings. The first kappa shape index (κ1) is 21.9. The number of anilines is 1. The molecule has 0 radical (unpaired) electrons. The number of rotatable bonds is 5. The SMILES string of the molecule is C[C@H]1CCCCN1CCNC(=O)c1ccc2c(c1)NC(=O)/C(=C\c1ccccc1Cl)S2. The van der Waals surface area contributed by atoms with Crippen molar-refractivity contribution in [2.45, 2.75) is 37.1 Å². The first-order valence-electron chi connectivity index (χ1n) is 10.6. The van der Waals surface area contributed by atoms with Crippen LogP contribution in [0.3, 0.4) is 0 Å². The summed E-state index contributed by atoms with van der Waals surface area (Å²) in [6, 6.07) is 13.4. The molecule has 4 rings (SSSR count). The normalized spacial score (nSPS) is 20.3. The molecule has 31 heavy (non-hydrogen) atoms. The van der Waals surface area contributed by atoms with Crippen LogP contribution in [-0.4, -0.2) is 42.4 Å². The molecule has 2 aliphatic heterocycles. The van der Waals surface area contributed by atoms with Crippen LogP contribution in [0.4, 0.5) is 5.69 Å². The highest BCUT2D eigenvalue weighted by molar-refractivity contribution is 8.04. The quantitative estimate of drug-likeness (QED) is 0.621. The Balaban J connectivity index is 1.40. The molecular weight excluding hydrogens is 430 g/mol. The third kappa shape index (κ3) is 5.32. The topological polar surface area (TPSA) is 61.4 Å². The number of piperidine rings is 1. The number of carbonyl (C=O) groups is 2. The number of hydrogen-bond acceptors (Lipinski definition) is 4. The van der Waals surface area contributed by atoms with Crippen molar-refractivity contribution in [3.8, 4) is 0 Å². The van der Waals surface area contributed by atoms with E-state index >= 15 is 0 Å². The van der Waals surface area contributed by atoms with Gasteiger partial charge in [-0.2, -0.15) is 0 Å². The van der Waals surface area contributed by atoms with Crippen LogP contribution in [-0.2, 0) is 4.79 Å². The lowest BCUT2D eigenvalue weighted by atomic mass is 10.0. The minimum Gasteiger partial charge on any atom is -0.351 e. The third-order valence-corrected chi connectivity index (χ3v) is 7.19. The molecular formula is C24H26ClN3O2S. The molecule has 0 spiro atoms. The smallest absolute Gasteiger partial charge is 0.262 e. The van der Waals surface area contributed by atoms with E-state index in [2.05, 4.69) is 22.5 Å². The molecule has 0 aromatic heterocycles. The molecule has 5 nitrogen and oxygen atoms in total. The van der Waals surface area contributed by atoms with Gasteiger partial charge in [0.1, 0.15) is 0 Å². The molecule has 1 saturated heterocycles. The highest BCUT2D eigenvalue weighted by Gasteiger charge is 2.23. The molecule has 2 aromatic rings. The maximum absolute atomic E-state index is 12.6. The van der Waals surface area contributed by atoms with E-state index in [1.54, 1.807) is 24.3 Å². The Hall–Kier alpha value is -2.28. The Kier molecular flexibility index (Phi) is 7.00. The molecule has 0 bridgehead atoms. The highest BCUT2D eigenvalue weighted by Crippen LogP contribution is 2.39. The number of fused-ring (bicyclic) bond motifs is 1. The van der Waals surface area contributed by atoms with Crippen LogP contribution in [0, 0.1) is 0 Å². The van der Waals surface area contributed by atoms with E-state index in [4.69, 9.17) is 11.6 Å². The number of thioether (sulfide) groups is 1. The van der Waals surface area contributed by atoms with Gasteiger partial charge >= 0.3 is 0 Å². The maximum Gasteiger partial charge on any atom is 0.262 e. The number of carbonyl (C=O) groups excluding carboxylic acids is 2. The lowest BCUT2D eigenvalue weighted by Crippen LogP contribution is -2.42. The van der Waals surface area contributed by atoms with Crippen molar-refractivity contribution >= 4 is 46.9 Å². The molecule has 1 fully saturated rings. The number of halogens is 1. The summed E-state index contributed by atoms with van der Waals surface area (Å²) in [6.45, 7) is 4.83. The van der Waals surface area contributed by atoms with Crippen LogP contribution in [0.2, 0.25) is 5.02 Å². The van der Waals surface area contributed by atoms with E-state index in [9.17, 15) is 9.59 Å². The summed E-state index contributed by atoms with van der Waals surface area (Å²) >= 11 is 7.59. The predicted octanol–water partition coefficient (Wildman–Crippen LogP) is 5.03. The van der Waals surface area contributed by atoms with E-state index in [0.29, 0.717) is 33.8 Å². The van der Waals surface area contributed by atoms with Gasteiger partial charge in [-0.1, -0.05) is 48.0 Å². The fourth-order valence-corrected chi connectivity index (χ4v) is 5.05. The van der Waals surface area contributed by atoms with Gasteiger partial charge in [0.25, 0.3) is 11.8 Å². The number of nitrogens with zero attached hydrogens (tertiary/aromatic N) is 1. The number of hydrogen-bond donors (Lipinski definition) is 2. The Labute approximate surface area is 192 Å². The number of likely N-dealkylation sites (tertiary alicyclic amines) is 1. The van der Waals surface area contributed by atoms with Gasteiger partial charge in [0, 0.05) is 34.6 Å². The van der Waals surface area contributed by atoms with Crippen LogP contribution in [0.25, 0.3) is 6.08 Å². The van der Waals surface area contributed by atoms with E-state index in [0.717, 1.165) is 23.5 Å². The monoisotopic (exact) mass is 455 g/mol. The Bertz CT molecular complexity index is 1020. The van der Waals surface area contributed by atoms with Crippen LogP contribution in [0.5, 0.6) is 0 Å². The van der Waals surface area contributed by atoms with Crippen molar-refractivity contribution < 1.29 is 9.59 Å². The van der Waals surface area contributed by atoms with E-state index in [1.165, 1.54) is 31.0 Å². The Morgan fingerprint density at radius 2 is 2.13 bits per heavy atom. The van der Waals surface area contributed by atoms with E-state index in [-0.39, 0.29) is 11.8 Å². The minimum atomic E-state index is -0.200. The second-order valence-corrected chi connectivity index (χ2v) is 9.42. The molecule has 7 heteroatoms. The molecule has 0 aliphatic carbocycles. The lowest BCUT2D eigenvalue weighted by Gasteiger charge is -2.33. The second kappa shape index (κ2) is 9.90. The largest absolute Gasteiger partial charge is 0.351 e. The fraction of sp³-hybridized carbons (Fsp3) is 0.333. The zero-order valence-electron chi connectivity index (χ0n) is 17.5. The van der Waals surface area contributed by atoms with Gasteiger partial charge in [-0.25, -0.2) is 0 Å². The lowest BCUT2D eigenvalue weighted by molar-refractivity contribution is -0.112. The molecule has 2 heterocycles. The molecule has 2 N–H and O–H groups in total. The number of benzene rings is 2. The molecule has 0 unspecified atom stereocenters. The Morgan fingerprint density at radius 3 is 2.94 bits per heavy atom. The van der Waals surface area contributed by atoms with Crippen LogP contribution < -0.4 is 10.6 Å². The fourth-order valence-electron chi connectivity index (χ4n) is 3.94. The summed E-state index contributed by atoms with van der Waals surface area (Å²) in [6.07, 6.45) is 5.53. The summed E-state index contributed by atoms with van der Waals surface area (Å²) in [7, 11) is 0. The van der Waals surface area contributed by atoms with Gasteiger partial charge in [0.15, 0.2) is 0 Å². The van der Waals surface area contributed by atoms with Gasteiger partial charge in [-0.05, 0) is 62.2 Å². The van der Waals surface area contributed by atoms with Gasteiger partial charge in [0.05, 0.1) is 10.6 Å². The van der Waals surface area contributed by atoms with Crippen molar-refractivity contribution in [2.24, 2.45) is 0 Å². The van der Waals surface area contributed by atoms with Gasteiger partial charge < -0.3 is 10.6 Å². The molecule has 1 atom stereocenters. The standard InChI is InChI=1S/C24H26ClN3O2S/c1-16-6-4-5-12-28(16)13-11-26-23(29)18-9-10-21-20(14-18)27-24(30)22(31-21)15-17-7-2-3-8-19(17)25/h2-3,7-10,14-16H,4-6,11-13H2,1H3,(H,26,29)(H,27,30)/b22-15+/t16-/m0/s1. The van der Waals surface area contributed by atoms with Crippen molar-refractivity contribution in [3.05, 3.63) is 63.5 Å². The third-order valence-electron chi connectivity index (χ3n) is 5.75. The van der Waals surface area contributed by atoms with Crippen molar-refractivity contribution in [1.82, 2.24) is 10.2 Å². The van der Waals surface area contributed by atoms with Gasteiger partial charge in [0.2, 0.25) is 0 Å². The summed E-state index contributed by atoms with van der Waals surface area (Å²) in [5.41, 5.74) is 2.00. The van der Waals surface area contributed by atoms with Gasteiger partial charge in [-0.15, -0.1) is 0 Å². The molecule has 2 aromatic carbocycles. The maximum atomic E-state index is 12.6. The highest BCUT2D eigenvalue weighted by atomic mass is 35.5. The summed E-state index contributed by atoms with van der Waals surface area (Å²) < 4.78 is 0. The first-order valence-corrected chi connectivity index (χ1v) is 11.8. The number of nitrogens with one attached hydrogen (secondary N) is 2. The number of amides is 2. The van der Waals surface area contributed by atoms with Crippen LogP contribution in [0.15, 0.2) is 52.3 Å².